The third-order valence-electron chi connectivity index (χ3n) is 3.60. The fraction of sp³-hybridized carbons (Fsp3) is 0.583. The van der Waals surface area contributed by atoms with Crippen LogP contribution in [0.15, 0.2) is 12.7 Å². The molecule has 0 saturated carbocycles. The van der Waals surface area contributed by atoms with Crippen molar-refractivity contribution in [3.8, 4) is 5.95 Å². The van der Waals surface area contributed by atoms with Crippen molar-refractivity contribution < 1.29 is 5.11 Å². The second-order valence-electron chi connectivity index (χ2n) is 5.47. The number of nitrogen functional groups attached to an aromatic ring is 1. The van der Waals surface area contributed by atoms with Crippen LogP contribution in [0.1, 0.15) is 26.2 Å². The van der Waals surface area contributed by atoms with Gasteiger partial charge in [-0.2, -0.15) is 24.7 Å². The smallest absolute Gasteiger partial charge is 0.258 e. The summed E-state index contributed by atoms with van der Waals surface area (Å²) in [5.41, 5.74) is 5.13. The van der Waals surface area contributed by atoms with Gasteiger partial charge in [0.1, 0.15) is 12.7 Å². The zero-order chi connectivity index (χ0) is 14.9. The Kier molecular flexibility index (Phi) is 3.42. The second kappa shape index (κ2) is 5.24. The molecule has 3 N–H and O–H groups in total. The van der Waals surface area contributed by atoms with Gasteiger partial charge in [0.25, 0.3) is 5.95 Å². The summed E-state index contributed by atoms with van der Waals surface area (Å²) in [6, 6.07) is 0. The average molecular weight is 290 g/mol. The third-order valence-corrected chi connectivity index (χ3v) is 3.60. The normalized spacial score (nSPS) is 23.0. The zero-order valence-corrected chi connectivity index (χ0v) is 11.8. The molecule has 2 aromatic heterocycles. The molecule has 3 heterocycles. The van der Waals surface area contributed by atoms with Crippen LogP contribution < -0.4 is 10.6 Å². The Labute approximate surface area is 121 Å². The Morgan fingerprint density at radius 3 is 2.76 bits per heavy atom. The van der Waals surface area contributed by atoms with Gasteiger partial charge in [-0.3, -0.25) is 0 Å². The predicted molar refractivity (Wildman–Crippen MR) is 75.8 cm³/mol. The summed E-state index contributed by atoms with van der Waals surface area (Å²) in [7, 11) is 0. The van der Waals surface area contributed by atoms with Gasteiger partial charge in [0.2, 0.25) is 11.9 Å². The van der Waals surface area contributed by atoms with Crippen molar-refractivity contribution in [2.75, 3.05) is 23.7 Å². The van der Waals surface area contributed by atoms with Crippen LogP contribution in [0.4, 0.5) is 11.9 Å². The Bertz CT molecular complexity index is 612. The summed E-state index contributed by atoms with van der Waals surface area (Å²) in [6.45, 7) is 3.31. The number of anilines is 2. The Hall–Kier alpha value is -2.29. The first kappa shape index (κ1) is 13.7. The summed E-state index contributed by atoms with van der Waals surface area (Å²) in [4.78, 5) is 18.5. The summed E-state index contributed by atoms with van der Waals surface area (Å²) in [5.74, 6) is 0.984. The van der Waals surface area contributed by atoms with E-state index in [1.54, 1.807) is 0 Å². The van der Waals surface area contributed by atoms with Crippen LogP contribution >= 0.6 is 0 Å². The molecule has 2 aromatic rings. The SMILES string of the molecule is CC1(O)CCCN(c2nc(N)nc(-n3cncn3)n2)CC1. The van der Waals surface area contributed by atoms with Crippen LogP contribution in [0, 0.1) is 0 Å². The molecule has 9 heteroatoms. The predicted octanol–water partition coefficient (Wildman–Crippen LogP) is -0.224. The maximum atomic E-state index is 10.2. The van der Waals surface area contributed by atoms with Crippen molar-refractivity contribution >= 4 is 11.9 Å². The highest BCUT2D eigenvalue weighted by atomic mass is 16.3. The molecule has 0 bridgehead atoms. The molecule has 112 valence electrons. The summed E-state index contributed by atoms with van der Waals surface area (Å²) < 4.78 is 1.44. The molecule has 1 aliphatic rings. The van der Waals surface area contributed by atoms with Crippen molar-refractivity contribution in [1.82, 2.24) is 29.7 Å². The van der Waals surface area contributed by atoms with Gasteiger partial charge in [-0.25, -0.2) is 4.98 Å². The molecule has 0 radical (unpaired) electrons. The van der Waals surface area contributed by atoms with E-state index in [-0.39, 0.29) is 5.95 Å². The number of aliphatic hydroxyl groups is 1. The number of nitrogens with two attached hydrogens (primary N) is 1. The maximum absolute atomic E-state index is 10.2. The number of nitrogens with zero attached hydrogens (tertiary/aromatic N) is 7. The lowest BCUT2D eigenvalue weighted by atomic mass is 9.98. The lowest BCUT2D eigenvalue weighted by Gasteiger charge is -2.22. The summed E-state index contributed by atoms with van der Waals surface area (Å²) >= 11 is 0. The van der Waals surface area contributed by atoms with Crippen molar-refractivity contribution in [3.05, 3.63) is 12.7 Å². The molecular weight excluding hydrogens is 272 g/mol. The number of aromatic nitrogens is 6. The van der Waals surface area contributed by atoms with E-state index in [1.165, 1.54) is 17.3 Å². The summed E-state index contributed by atoms with van der Waals surface area (Å²) in [6.07, 6.45) is 5.21. The molecular formula is C12H18N8O. The first-order chi connectivity index (χ1) is 10.0. The van der Waals surface area contributed by atoms with Gasteiger partial charge in [0.05, 0.1) is 5.60 Å². The molecule has 1 unspecified atom stereocenters. The fourth-order valence-electron chi connectivity index (χ4n) is 2.39. The molecule has 1 atom stereocenters. The average Bonchev–Trinajstić information content (AvgIpc) is 2.89. The van der Waals surface area contributed by atoms with Gasteiger partial charge in [0, 0.05) is 13.1 Å². The van der Waals surface area contributed by atoms with Gasteiger partial charge in [-0.15, -0.1) is 0 Å². The Balaban J connectivity index is 1.88. The van der Waals surface area contributed by atoms with Crippen molar-refractivity contribution in [2.45, 2.75) is 31.8 Å². The van der Waals surface area contributed by atoms with E-state index in [0.29, 0.717) is 24.9 Å². The molecule has 1 saturated heterocycles. The lowest BCUT2D eigenvalue weighted by molar-refractivity contribution is 0.0481. The molecule has 21 heavy (non-hydrogen) atoms. The lowest BCUT2D eigenvalue weighted by Crippen LogP contribution is -2.30. The first-order valence-electron chi connectivity index (χ1n) is 6.87. The van der Waals surface area contributed by atoms with Crippen molar-refractivity contribution in [1.29, 1.82) is 0 Å². The van der Waals surface area contributed by atoms with Gasteiger partial charge < -0.3 is 15.7 Å². The van der Waals surface area contributed by atoms with Crippen LogP contribution in [0.2, 0.25) is 0 Å². The van der Waals surface area contributed by atoms with Crippen LogP contribution in [0.3, 0.4) is 0 Å². The highest BCUT2D eigenvalue weighted by molar-refractivity contribution is 5.37. The minimum absolute atomic E-state index is 0.140. The minimum atomic E-state index is -0.637. The molecule has 3 rings (SSSR count). The Morgan fingerprint density at radius 2 is 2.00 bits per heavy atom. The van der Waals surface area contributed by atoms with E-state index in [4.69, 9.17) is 5.73 Å². The maximum Gasteiger partial charge on any atom is 0.258 e. The largest absolute Gasteiger partial charge is 0.390 e. The quantitative estimate of drug-likeness (QED) is 0.779. The Morgan fingerprint density at radius 1 is 1.19 bits per heavy atom. The molecule has 1 aliphatic heterocycles. The van der Waals surface area contributed by atoms with E-state index >= 15 is 0 Å². The number of hydrogen-bond acceptors (Lipinski definition) is 8. The van der Waals surface area contributed by atoms with E-state index in [0.717, 1.165) is 19.4 Å². The number of hydrogen-bond donors (Lipinski definition) is 2. The molecule has 0 aliphatic carbocycles. The highest BCUT2D eigenvalue weighted by Crippen LogP contribution is 2.23. The zero-order valence-electron chi connectivity index (χ0n) is 11.8. The van der Waals surface area contributed by atoms with E-state index < -0.39 is 5.60 Å². The summed E-state index contributed by atoms with van der Waals surface area (Å²) in [5, 5.41) is 14.1. The first-order valence-corrected chi connectivity index (χ1v) is 6.87. The van der Waals surface area contributed by atoms with Crippen LogP contribution in [-0.2, 0) is 0 Å². The molecule has 9 nitrogen and oxygen atoms in total. The molecule has 0 spiro atoms. The fourth-order valence-corrected chi connectivity index (χ4v) is 2.39. The minimum Gasteiger partial charge on any atom is -0.390 e. The van der Waals surface area contributed by atoms with Gasteiger partial charge in [-0.1, -0.05) is 0 Å². The van der Waals surface area contributed by atoms with Gasteiger partial charge in [-0.05, 0) is 26.2 Å². The second-order valence-corrected chi connectivity index (χ2v) is 5.47. The molecule has 0 amide bonds. The number of rotatable bonds is 2. The van der Waals surface area contributed by atoms with Gasteiger partial charge in [0.15, 0.2) is 0 Å². The standard InChI is InChI=1S/C12H18N8O/c1-12(21)3-2-5-19(6-4-12)10-16-9(13)17-11(18-10)20-8-14-7-15-20/h7-8,21H,2-6H2,1H3,(H2,13,16,17,18). The van der Waals surface area contributed by atoms with Crippen molar-refractivity contribution in [2.24, 2.45) is 0 Å². The van der Waals surface area contributed by atoms with E-state index in [9.17, 15) is 5.11 Å². The van der Waals surface area contributed by atoms with Gasteiger partial charge >= 0.3 is 0 Å². The third kappa shape index (κ3) is 3.07. The van der Waals surface area contributed by atoms with Crippen LogP contribution in [0.5, 0.6) is 0 Å². The molecule has 1 fully saturated rings. The highest BCUT2D eigenvalue weighted by Gasteiger charge is 2.26. The topological polar surface area (TPSA) is 119 Å². The van der Waals surface area contributed by atoms with E-state index in [2.05, 4.69) is 25.0 Å². The van der Waals surface area contributed by atoms with Crippen LogP contribution in [-0.4, -0.2) is 53.5 Å². The van der Waals surface area contributed by atoms with Crippen molar-refractivity contribution in [3.63, 3.8) is 0 Å². The molecule has 0 aromatic carbocycles. The van der Waals surface area contributed by atoms with E-state index in [1.807, 2.05) is 11.8 Å². The monoisotopic (exact) mass is 290 g/mol. The van der Waals surface area contributed by atoms with Crippen LogP contribution in [0.25, 0.3) is 5.95 Å².